The molecule has 1 amide bonds. The number of anilines is 2. The maximum Gasteiger partial charge on any atom is 0.573 e. The number of alkyl halides is 3. The Balaban J connectivity index is 0.757. The molecule has 56 heavy (non-hydrogen) atoms. The fraction of sp³-hybridized carbons (Fsp3) is 0.579. The number of hydrogen-bond acceptors (Lipinski definition) is 13. The average molecular weight is 793 g/mol. The monoisotopic (exact) mass is 792 g/mol. The van der Waals surface area contributed by atoms with Crippen molar-refractivity contribution in [2.75, 3.05) is 104 Å². The summed E-state index contributed by atoms with van der Waals surface area (Å²) >= 11 is 0. The molecule has 2 aromatic heterocycles. The van der Waals surface area contributed by atoms with Gasteiger partial charge >= 0.3 is 6.36 Å². The second-order valence-electron chi connectivity index (χ2n) is 12.9. The Hall–Kier alpha value is -4.17. The van der Waals surface area contributed by atoms with Crippen molar-refractivity contribution >= 4 is 17.4 Å². The second kappa shape index (κ2) is 23.8. The molecule has 0 unspecified atom stereocenters. The van der Waals surface area contributed by atoms with Gasteiger partial charge in [0, 0.05) is 36.0 Å². The number of carbonyl (C=O) groups is 1. The molecule has 0 spiro atoms. The molecule has 0 aliphatic heterocycles. The Morgan fingerprint density at radius 1 is 0.750 bits per heavy atom. The number of rotatable bonds is 29. The molecule has 15 nitrogen and oxygen atoms in total. The first-order chi connectivity index (χ1) is 27.3. The molecule has 1 saturated carbocycles. The SMILES string of the molecule is O=C(NCCOCCOCCOCCOCCOCCOCCOCCn1cc(-c2cc(Nc3ccc(OC(F)(F)F)cc3)ncn2)cn1)[C@H]1C[C@H]2C=C[C@@H]1C2. The highest BCUT2D eigenvalue weighted by atomic mass is 19.4. The molecule has 2 aliphatic rings. The number of nitrogens with one attached hydrogen (secondary N) is 2. The molecular weight excluding hydrogens is 741 g/mol. The minimum Gasteiger partial charge on any atom is -0.406 e. The van der Waals surface area contributed by atoms with Crippen LogP contribution in [0.1, 0.15) is 12.8 Å². The van der Waals surface area contributed by atoms with Gasteiger partial charge in [-0.3, -0.25) is 9.48 Å². The standard InChI is InChI=1S/C38H51F3N6O9/c39-38(40,41)56-33-5-3-32(4-6-33)46-36-25-35(43-28-44-36)31-26-45-47(27-31)8-10-50-12-14-52-16-18-54-20-22-55-21-19-53-17-15-51-13-11-49-9-7-42-37(48)34-24-29-1-2-30(34)23-29/h1-6,25-30,34H,7-24H2,(H,42,48)(H,43,44,46)/t29-,30+,34-/m0/s1. The predicted octanol–water partition coefficient (Wildman–Crippen LogP) is 4.43. The van der Waals surface area contributed by atoms with E-state index in [9.17, 15) is 18.0 Å². The summed E-state index contributed by atoms with van der Waals surface area (Å²) in [5.74, 6) is 1.43. The number of benzene rings is 1. The maximum absolute atomic E-state index is 12.4. The van der Waals surface area contributed by atoms with Gasteiger partial charge in [-0.2, -0.15) is 5.10 Å². The summed E-state index contributed by atoms with van der Waals surface area (Å²) < 4.78 is 81.5. The van der Waals surface area contributed by atoms with Crippen molar-refractivity contribution in [1.82, 2.24) is 25.1 Å². The van der Waals surface area contributed by atoms with E-state index in [1.165, 1.54) is 30.6 Å². The first-order valence-corrected chi connectivity index (χ1v) is 18.8. The fourth-order valence-corrected chi connectivity index (χ4v) is 6.13. The first-order valence-electron chi connectivity index (χ1n) is 18.8. The number of halogens is 3. The van der Waals surface area contributed by atoms with Crippen LogP contribution in [0.25, 0.3) is 11.3 Å². The lowest BCUT2D eigenvalue weighted by Crippen LogP contribution is -2.35. The largest absolute Gasteiger partial charge is 0.573 e. The molecule has 0 saturated heterocycles. The molecule has 1 fully saturated rings. The molecule has 0 radical (unpaired) electrons. The van der Waals surface area contributed by atoms with Crippen LogP contribution in [0.4, 0.5) is 24.7 Å². The van der Waals surface area contributed by atoms with E-state index in [2.05, 4.69) is 42.6 Å². The van der Waals surface area contributed by atoms with Crippen molar-refractivity contribution in [2.24, 2.45) is 17.8 Å². The van der Waals surface area contributed by atoms with Crippen LogP contribution < -0.4 is 15.4 Å². The molecule has 18 heteroatoms. The topological polar surface area (TPSA) is 159 Å². The van der Waals surface area contributed by atoms with Crippen LogP contribution in [0.2, 0.25) is 0 Å². The molecule has 3 aromatic rings. The quantitative estimate of drug-likeness (QED) is 0.0753. The zero-order chi connectivity index (χ0) is 39.3. The van der Waals surface area contributed by atoms with Crippen molar-refractivity contribution in [3.63, 3.8) is 0 Å². The highest BCUT2D eigenvalue weighted by Crippen LogP contribution is 2.43. The Labute approximate surface area is 324 Å². The van der Waals surface area contributed by atoms with Crippen LogP contribution in [0.15, 0.2) is 61.2 Å². The fourth-order valence-electron chi connectivity index (χ4n) is 6.13. The number of carbonyl (C=O) groups excluding carboxylic acids is 1. The minimum atomic E-state index is -4.75. The van der Waals surface area contributed by atoms with Gasteiger partial charge in [-0.05, 0) is 48.9 Å². The van der Waals surface area contributed by atoms with Gasteiger partial charge in [-0.15, -0.1) is 13.2 Å². The Bertz CT molecular complexity index is 1600. The van der Waals surface area contributed by atoms with E-state index in [1.54, 1.807) is 16.9 Å². The van der Waals surface area contributed by atoms with Gasteiger partial charge < -0.3 is 48.5 Å². The van der Waals surface area contributed by atoms with Gasteiger partial charge in [0.25, 0.3) is 0 Å². The molecule has 3 atom stereocenters. The highest BCUT2D eigenvalue weighted by Gasteiger charge is 2.39. The van der Waals surface area contributed by atoms with Crippen molar-refractivity contribution in [2.45, 2.75) is 25.7 Å². The summed E-state index contributed by atoms with van der Waals surface area (Å²) in [7, 11) is 0. The smallest absolute Gasteiger partial charge is 0.406 e. The third-order valence-electron chi connectivity index (χ3n) is 8.81. The third-order valence-corrected chi connectivity index (χ3v) is 8.81. The van der Waals surface area contributed by atoms with Crippen LogP contribution in [-0.4, -0.2) is 131 Å². The Morgan fingerprint density at radius 2 is 1.34 bits per heavy atom. The van der Waals surface area contributed by atoms with Crippen molar-refractivity contribution in [1.29, 1.82) is 0 Å². The Morgan fingerprint density at radius 3 is 1.89 bits per heavy atom. The number of aromatic nitrogens is 4. The van der Waals surface area contributed by atoms with Gasteiger partial charge in [0.1, 0.15) is 17.9 Å². The summed E-state index contributed by atoms with van der Waals surface area (Å²) in [6.07, 6.45) is 6.67. The van der Waals surface area contributed by atoms with E-state index in [4.69, 9.17) is 33.2 Å². The van der Waals surface area contributed by atoms with Gasteiger partial charge in [0.2, 0.25) is 5.91 Å². The molecule has 2 heterocycles. The molecule has 2 bridgehead atoms. The molecule has 1 aromatic carbocycles. The minimum absolute atomic E-state index is 0.129. The lowest BCUT2D eigenvalue weighted by molar-refractivity contribution is -0.274. The normalized spacial score (nSPS) is 17.4. The van der Waals surface area contributed by atoms with Crippen LogP contribution in [0.3, 0.4) is 0 Å². The van der Waals surface area contributed by atoms with Crippen molar-refractivity contribution < 1.29 is 55.9 Å². The summed E-state index contributed by atoms with van der Waals surface area (Å²) in [5, 5.41) is 10.4. The molecule has 2 N–H and O–H groups in total. The third kappa shape index (κ3) is 16.1. The second-order valence-corrected chi connectivity index (χ2v) is 12.9. The van der Waals surface area contributed by atoms with E-state index in [0.717, 1.165) is 18.4 Å². The number of ether oxygens (including phenoxy) is 8. The highest BCUT2D eigenvalue weighted by molar-refractivity contribution is 5.80. The number of nitrogens with zero attached hydrogens (tertiary/aromatic N) is 4. The number of allylic oxidation sites excluding steroid dienone is 2. The molecule has 2 aliphatic carbocycles. The first kappa shape index (κ1) is 43.0. The van der Waals surface area contributed by atoms with E-state index < -0.39 is 6.36 Å². The lowest BCUT2D eigenvalue weighted by Gasteiger charge is -2.17. The van der Waals surface area contributed by atoms with E-state index >= 15 is 0 Å². The average Bonchev–Trinajstić information content (AvgIpc) is 3.96. The molecule has 308 valence electrons. The van der Waals surface area contributed by atoms with Gasteiger partial charge in [0.15, 0.2) is 0 Å². The van der Waals surface area contributed by atoms with Crippen LogP contribution >= 0.6 is 0 Å². The lowest BCUT2D eigenvalue weighted by atomic mass is 9.93. The van der Waals surface area contributed by atoms with E-state index in [-0.39, 0.29) is 17.6 Å². The Kier molecular flexibility index (Phi) is 18.3. The summed E-state index contributed by atoms with van der Waals surface area (Å²) in [6.45, 7) is 7.50. The number of amides is 1. The summed E-state index contributed by atoms with van der Waals surface area (Å²) in [4.78, 5) is 20.7. The maximum atomic E-state index is 12.4. The van der Waals surface area contributed by atoms with Crippen LogP contribution in [-0.2, 0) is 44.5 Å². The van der Waals surface area contributed by atoms with Crippen molar-refractivity contribution in [3.05, 3.63) is 61.2 Å². The summed E-state index contributed by atoms with van der Waals surface area (Å²) in [5.41, 5.74) is 1.93. The zero-order valence-electron chi connectivity index (χ0n) is 31.3. The van der Waals surface area contributed by atoms with E-state index in [1.807, 2.05) is 6.20 Å². The van der Waals surface area contributed by atoms with Crippen molar-refractivity contribution in [3.8, 4) is 17.0 Å². The molecule has 5 rings (SSSR count). The van der Waals surface area contributed by atoms with Gasteiger partial charge in [-0.1, -0.05) is 12.2 Å². The van der Waals surface area contributed by atoms with Crippen LogP contribution in [0.5, 0.6) is 5.75 Å². The number of fused-ring (bicyclic) bond motifs is 2. The van der Waals surface area contributed by atoms with E-state index in [0.29, 0.717) is 135 Å². The predicted molar refractivity (Wildman–Crippen MR) is 197 cm³/mol. The van der Waals surface area contributed by atoms with Crippen LogP contribution in [0, 0.1) is 17.8 Å². The molecular formula is C38H51F3N6O9. The summed E-state index contributed by atoms with van der Waals surface area (Å²) in [6, 6.07) is 7.06. The van der Waals surface area contributed by atoms with Gasteiger partial charge in [0.05, 0.1) is 111 Å². The zero-order valence-corrected chi connectivity index (χ0v) is 31.3. The number of hydrogen-bond donors (Lipinski definition) is 2. The van der Waals surface area contributed by atoms with Gasteiger partial charge in [-0.25, -0.2) is 9.97 Å².